The van der Waals surface area contributed by atoms with E-state index in [4.69, 9.17) is 14.2 Å². The minimum Gasteiger partial charge on any atom is -0.462 e. The first-order chi connectivity index (χ1) is 34.5. The summed E-state index contributed by atoms with van der Waals surface area (Å²) in [4.78, 5) is 37.8. The second kappa shape index (κ2) is 58.2. The molecule has 0 aliphatic carbocycles. The highest BCUT2D eigenvalue weighted by molar-refractivity contribution is 5.71. The van der Waals surface area contributed by atoms with Crippen LogP contribution in [0, 0.1) is 0 Å². The van der Waals surface area contributed by atoms with Gasteiger partial charge in [0.2, 0.25) is 0 Å². The van der Waals surface area contributed by atoms with E-state index < -0.39 is 6.10 Å². The van der Waals surface area contributed by atoms with Gasteiger partial charge in [-0.2, -0.15) is 0 Å². The van der Waals surface area contributed by atoms with Crippen molar-refractivity contribution in [3.8, 4) is 0 Å². The summed E-state index contributed by atoms with van der Waals surface area (Å²) in [5.41, 5.74) is 0. The van der Waals surface area contributed by atoms with Gasteiger partial charge in [0.15, 0.2) is 6.10 Å². The zero-order valence-electron chi connectivity index (χ0n) is 46.0. The smallest absolute Gasteiger partial charge is 0.306 e. The molecule has 0 rings (SSSR count). The number of esters is 3. The van der Waals surface area contributed by atoms with Crippen molar-refractivity contribution in [1.29, 1.82) is 0 Å². The van der Waals surface area contributed by atoms with Gasteiger partial charge in [-0.25, -0.2) is 0 Å². The molecule has 0 aliphatic rings. The lowest BCUT2D eigenvalue weighted by Crippen LogP contribution is -2.30. The van der Waals surface area contributed by atoms with E-state index in [1.807, 2.05) is 0 Å². The summed E-state index contributed by atoms with van der Waals surface area (Å²) in [5, 5.41) is 0. The molecular formula is C64H110O6. The Morgan fingerprint density at radius 1 is 0.300 bits per heavy atom. The second-order valence-corrected chi connectivity index (χ2v) is 19.5. The molecule has 0 fully saturated rings. The fourth-order valence-electron chi connectivity index (χ4n) is 8.25. The monoisotopic (exact) mass is 975 g/mol. The Bertz CT molecular complexity index is 1350. The Morgan fingerprint density at radius 2 is 0.557 bits per heavy atom. The SMILES string of the molecule is CC/C=C\C/C=C\C/C=C\C/C=C\C/C=C\C/C=C\C/C=C\CCCCCCCCCCCCCC(=O)OCC(COC(=O)CCCCCCCC)OC(=O)CCCCCCCCCCCCCCC. The standard InChI is InChI=1S/C64H110O6/c1-4-7-10-13-16-18-20-22-23-24-25-26-27-28-29-30-31-32-33-34-35-36-37-38-39-40-41-43-44-46-48-51-54-57-63(66)69-60-61(59-68-62(65)56-53-50-15-12-9-6-3)70-64(67)58-55-52-49-47-45-42-21-19-17-14-11-8-5-2/h7,10,16,18,22-23,25-26,28-29,31-32,34-35,61H,4-6,8-9,11-15,17,19-21,24,27,30,33,36-60H2,1-3H3/b10-7-,18-16-,23-22-,26-25-,29-28-,32-31-,35-34-. The van der Waals surface area contributed by atoms with Gasteiger partial charge in [0.05, 0.1) is 0 Å². The molecule has 0 aromatic carbocycles. The van der Waals surface area contributed by atoms with Crippen LogP contribution in [0.2, 0.25) is 0 Å². The normalized spacial score (nSPS) is 12.7. The number of hydrogen-bond acceptors (Lipinski definition) is 6. The lowest BCUT2D eigenvalue weighted by molar-refractivity contribution is -0.167. The van der Waals surface area contributed by atoms with Gasteiger partial charge in [-0.15, -0.1) is 0 Å². The fourth-order valence-corrected chi connectivity index (χ4v) is 8.25. The number of allylic oxidation sites excluding steroid dienone is 14. The van der Waals surface area contributed by atoms with E-state index in [-0.39, 0.29) is 31.1 Å². The molecular weight excluding hydrogens is 865 g/mol. The predicted molar refractivity (Wildman–Crippen MR) is 302 cm³/mol. The van der Waals surface area contributed by atoms with Gasteiger partial charge in [-0.05, 0) is 77.0 Å². The van der Waals surface area contributed by atoms with Gasteiger partial charge >= 0.3 is 17.9 Å². The third-order valence-corrected chi connectivity index (χ3v) is 12.7. The van der Waals surface area contributed by atoms with Gasteiger partial charge in [0.25, 0.3) is 0 Å². The highest BCUT2D eigenvalue weighted by Crippen LogP contribution is 2.16. The maximum atomic E-state index is 12.8. The van der Waals surface area contributed by atoms with Crippen molar-refractivity contribution >= 4 is 17.9 Å². The van der Waals surface area contributed by atoms with Crippen LogP contribution in [0.15, 0.2) is 85.1 Å². The van der Waals surface area contributed by atoms with Gasteiger partial charge in [0, 0.05) is 19.3 Å². The molecule has 1 atom stereocenters. The zero-order chi connectivity index (χ0) is 50.7. The van der Waals surface area contributed by atoms with Crippen LogP contribution in [0.25, 0.3) is 0 Å². The van der Waals surface area contributed by atoms with Crippen LogP contribution >= 0.6 is 0 Å². The maximum absolute atomic E-state index is 12.8. The number of unbranched alkanes of at least 4 members (excludes halogenated alkanes) is 28. The van der Waals surface area contributed by atoms with Crippen molar-refractivity contribution in [2.75, 3.05) is 13.2 Å². The number of rotatable bonds is 53. The van der Waals surface area contributed by atoms with Crippen molar-refractivity contribution < 1.29 is 28.6 Å². The van der Waals surface area contributed by atoms with Crippen molar-refractivity contribution in [2.45, 2.75) is 290 Å². The van der Waals surface area contributed by atoms with Crippen LogP contribution in [0.3, 0.4) is 0 Å². The third-order valence-electron chi connectivity index (χ3n) is 12.7. The number of hydrogen-bond donors (Lipinski definition) is 0. The van der Waals surface area contributed by atoms with Crippen LogP contribution in [-0.4, -0.2) is 37.2 Å². The van der Waals surface area contributed by atoms with E-state index in [1.54, 1.807) is 0 Å². The summed E-state index contributed by atoms with van der Waals surface area (Å²) in [6.07, 6.45) is 76.2. The predicted octanol–water partition coefficient (Wildman–Crippen LogP) is 19.9. The highest BCUT2D eigenvalue weighted by Gasteiger charge is 2.19. The molecule has 0 saturated carbocycles. The van der Waals surface area contributed by atoms with Gasteiger partial charge in [0.1, 0.15) is 13.2 Å². The molecule has 6 nitrogen and oxygen atoms in total. The van der Waals surface area contributed by atoms with Crippen LogP contribution in [0.4, 0.5) is 0 Å². The van der Waals surface area contributed by atoms with Crippen molar-refractivity contribution in [3.63, 3.8) is 0 Å². The molecule has 70 heavy (non-hydrogen) atoms. The van der Waals surface area contributed by atoms with E-state index >= 15 is 0 Å². The van der Waals surface area contributed by atoms with Crippen LogP contribution < -0.4 is 0 Å². The maximum Gasteiger partial charge on any atom is 0.306 e. The summed E-state index contributed by atoms with van der Waals surface area (Å²) in [6, 6.07) is 0. The molecule has 0 aromatic heterocycles. The van der Waals surface area contributed by atoms with E-state index in [2.05, 4.69) is 106 Å². The number of carbonyl (C=O) groups is 3. The quantitative estimate of drug-likeness (QED) is 0.0261. The summed E-state index contributed by atoms with van der Waals surface area (Å²) in [7, 11) is 0. The first-order valence-corrected chi connectivity index (χ1v) is 29.6. The lowest BCUT2D eigenvalue weighted by Gasteiger charge is -2.18. The average molecular weight is 976 g/mol. The minimum atomic E-state index is -0.770. The van der Waals surface area contributed by atoms with Crippen molar-refractivity contribution in [1.82, 2.24) is 0 Å². The first kappa shape index (κ1) is 66.6. The molecule has 6 heteroatoms. The van der Waals surface area contributed by atoms with Crippen molar-refractivity contribution in [3.05, 3.63) is 85.1 Å². The number of ether oxygens (including phenoxy) is 3. The van der Waals surface area contributed by atoms with E-state index in [1.165, 1.54) is 141 Å². The summed E-state index contributed by atoms with van der Waals surface area (Å²) < 4.78 is 16.7. The second-order valence-electron chi connectivity index (χ2n) is 19.5. The Balaban J connectivity index is 4.02. The van der Waals surface area contributed by atoms with Crippen LogP contribution in [-0.2, 0) is 28.6 Å². The van der Waals surface area contributed by atoms with Crippen molar-refractivity contribution in [2.24, 2.45) is 0 Å². The van der Waals surface area contributed by atoms with E-state index in [0.717, 1.165) is 103 Å². The molecule has 0 N–H and O–H groups in total. The molecule has 0 saturated heterocycles. The average Bonchev–Trinajstić information content (AvgIpc) is 3.36. The van der Waals surface area contributed by atoms with E-state index in [9.17, 15) is 14.4 Å². The van der Waals surface area contributed by atoms with Gasteiger partial charge in [-0.1, -0.05) is 273 Å². The molecule has 0 aromatic rings. The lowest BCUT2D eigenvalue weighted by atomic mass is 10.0. The molecule has 0 spiro atoms. The molecule has 0 radical (unpaired) electrons. The number of carbonyl (C=O) groups excluding carboxylic acids is 3. The zero-order valence-corrected chi connectivity index (χ0v) is 46.0. The van der Waals surface area contributed by atoms with Crippen LogP contribution in [0.5, 0.6) is 0 Å². The summed E-state index contributed by atoms with van der Waals surface area (Å²) in [5.74, 6) is -0.879. The summed E-state index contributed by atoms with van der Waals surface area (Å²) >= 11 is 0. The largest absolute Gasteiger partial charge is 0.462 e. The minimum absolute atomic E-state index is 0.0735. The topological polar surface area (TPSA) is 78.9 Å². The molecule has 0 bridgehead atoms. The Labute approximate surface area is 433 Å². The summed E-state index contributed by atoms with van der Waals surface area (Å²) in [6.45, 7) is 6.47. The molecule has 0 heterocycles. The Kier molecular flexibility index (Phi) is 55.3. The molecule has 0 amide bonds. The Hall–Kier alpha value is -3.41. The first-order valence-electron chi connectivity index (χ1n) is 29.6. The molecule has 1 unspecified atom stereocenters. The third kappa shape index (κ3) is 55.5. The Morgan fingerprint density at radius 3 is 0.871 bits per heavy atom. The highest BCUT2D eigenvalue weighted by atomic mass is 16.6. The van der Waals surface area contributed by atoms with Gasteiger partial charge < -0.3 is 14.2 Å². The van der Waals surface area contributed by atoms with Gasteiger partial charge in [-0.3, -0.25) is 14.4 Å². The van der Waals surface area contributed by atoms with E-state index in [0.29, 0.717) is 19.3 Å². The van der Waals surface area contributed by atoms with Crippen LogP contribution in [0.1, 0.15) is 284 Å². The fraction of sp³-hybridized carbons (Fsp3) is 0.734. The molecule has 402 valence electrons. The molecule has 0 aliphatic heterocycles.